The molecular weight excluding hydrogens is 1400 g/mol. The third-order valence-electron chi connectivity index (χ3n) is 18.2. The molecule has 4 aliphatic rings. The summed E-state index contributed by atoms with van der Waals surface area (Å²) in [6.07, 6.45) is -0.933. The van der Waals surface area contributed by atoms with Crippen molar-refractivity contribution in [2.75, 3.05) is 45.9 Å². The number of thiazole rings is 6. The number of aliphatic hydroxyl groups is 1. The van der Waals surface area contributed by atoms with Gasteiger partial charge in [-0.2, -0.15) is 0 Å². The predicted molar refractivity (Wildman–Crippen MR) is 377 cm³/mol. The Hall–Kier alpha value is -8.70. The molecule has 3 aliphatic heterocycles. The number of aromatic hydroxyl groups is 1. The van der Waals surface area contributed by atoms with Gasteiger partial charge in [0.2, 0.25) is 11.8 Å². The number of phenols is 1. The van der Waals surface area contributed by atoms with E-state index in [1.54, 1.807) is 59.7 Å². The van der Waals surface area contributed by atoms with E-state index in [0.29, 0.717) is 110 Å². The van der Waals surface area contributed by atoms with E-state index in [0.717, 1.165) is 54.3 Å². The Bertz CT molecular complexity index is 4460. The maximum Gasteiger partial charge on any atom is 0.407 e. The average molecular weight is 1470 g/mol. The Labute approximate surface area is 597 Å². The van der Waals surface area contributed by atoms with E-state index >= 15 is 4.79 Å². The molecule has 26 nitrogen and oxygen atoms in total. The largest absolute Gasteiger partial charge is 0.508 e. The van der Waals surface area contributed by atoms with Crippen LogP contribution in [0.1, 0.15) is 138 Å². The fourth-order valence-corrected chi connectivity index (χ4v) is 18.2. The molecule has 7 aromatic heterocycles. The second-order valence-corrected chi connectivity index (χ2v) is 30.6. The molecule has 13 rings (SSSR count). The summed E-state index contributed by atoms with van der Waals surface area (Å²) in [5, 5.41) is 55.6. The third kappa shape index (κ3) is 16.0. The minimum atomic E-state index is -1.32. The van der Waals surface area contributed by atoms with Gasteiger partial charge in [0.15, 0.2) is 5.78 Å². The molecule has 1 aliphatic carbocycles. The number of carboxylic acids is 1. The summed E-state index contributed by atoms with van der Waals surface area (Å²) >= 11 is 7.32. The molecule has 100 heavy (non-hydrogen) atoms. The van der Waals surface area contributed by atoms with Gasteiger partial charge in [0.05, 0.1) is 66.7 Å². The van der Waals surface area contributed by atoms with E-state index in [2.05, 4.69) is 26.2 Å². The molecule has 7 atom stereocenters. The van der Waals surface area contributed by atoms with Gasteiger partial charge in [0.25, 0.3) is 11.8 Å². The number of carboxylic acid groups (broad SMARTS) is 1. The second kappa shape index (κ2) is 31.0. The minimum absolute atomic E-state index is 0.00661. The number of aromatic nitrogens is 7. The van der Waals surface area contributed by atoms with Crippen molar-refractivity contribution in [2.24, 2.45) is 17.6 Å². The number of primary amides is 1. The van der Waals surface area contributed by atoms with Crippen molar-refractivity contribution < 1.29 is 58.4 Å². The molecule has 0 unspecified atom stereocenters. The highest BCUT2D eigenvalue weighted by Gasteiger charge is 2.48. The molecule has 3 fully saturated rings. The Morgan fingerprint density at radius 2 is 1.40 bits per heavy atom. The summed E-state index contributed by atoms with van der Waals surface area (Å²) in [5.74, 6) is -5.89. The topological polar surface area (TPSA) is 369 Å². The molecule has 520 valence electrons. The summed E-state index contributed by atoms with van der Waals surface area (Å²) in [6, 6.07) is 15.6. The lowest BCUT2D eigenvalue weighted by molar-refractivity contribution is -0.143. The number of alkyl carbamates (subject to hydrolysis) is 1. The summed E-state index contributed by atoms with van der Waals surface area (Å²) in [6.45, 7) is 7.46. The number of pyridine rings is 1. The van der Waals surface area contributed by atoms with Crippen molar-refractivity contribution in [1.29, 1.82) is 0 Å². The van der Waals surface area contributed by atoms with Crippen molar-refractivity contribution >= 4 is 109 Å². The minimum Gasteiger partial charge on any atom is -0.508 e. The summed E-state index contributed by atoms with van der Waals surface area (Å²) in [4.78, 5) is 137. The molecular formula is C68H70N14O12S6. The normalized spacial score (nSPS) is 21.9. The Morgan fingerprint density at radius 3 is 2.16 bits per heavy atom. The highest BCUT2D eigenvalue weighted by Crippen LogP contribution is 2.44. The van der Waals surface area contributed by atoms with E-state index in [4.69, 9.17) is 50.1 Å². The van der Waals surface area contributed by atoms with E-state index in [1.807, 2.05) is 35.2 Å². The van der Waals surface area contributed by atoms with E-state index < -0.39 is 83.6 Å². The van der Waals surface area contributed by atoms with Crippen LogP contribution in [0.5, 0.6) is 5.75 Å². The quantitative estimate of drug-likeness (QED) is 0.0474. The third-order valence-corrected chi connectivity index (χ3v) is 23.9. The van der Waals surface area contributed by atoms with Gasteiger partial charge in [0.1, 0.15) is 77.1 Å². The number of benzene rings is 2. The Balaban J connectivity index is 0.882. The molecule has 9 N–H and O–H groups in total. The lowest BCUT2D eigenvalue weighted by Gasteiger charge is -2.29. The fourth-order valence-electron chi connectivity index (χ4n) is 12.8. The zero-order valence-corrected chi connectivity index (χ0v) is 59.0. The molecule has 0 spiro atoms. The number of rotatable bonds is 15. The number of ether oxygens (including phenoxy) is 2. The second-order valence-electron chi connectivity index (χ2n) is 25.0. The first kappa shape index (κ1) is 69.8. The number of morpholine rings is 1. The fraction of sp³-hybridized carbons (Fsp3) is 0.382. The first-order valence-electron chi connectivity index (χ1n) is 32.6. The van der Waals surface area contributed by atoms with Gasteiger partial charge in [-0.25, -0.2) is 39.7 Å². The number of nitrogens with one attached hydrogen (secondary N) is 4. The van der Waals surface area contributed by atoms with Gasteiger partial charge in [0, 0.05) is 101 Å². The number of carbonyl (C=O) groups is 7. The molecule has 10 heterocycles. The standard InChI is InChI=1S/C68H70N14O12S6/c1-34-52(94-68(92)70-18-19-81-20-22-93-23-21-81)28-82-56(34)65-79-50(33-99-65)63-76-47(30-98-63)55-42(16-17-44(73-55)62-72-40(29-95-62)27-71-39-12-10-38(11-13-39)67(90)91)60-77-48(31-96-60)58(87)74-45(26-53(69)85)64-80-54(35(2)100-64)51(84)25-43(57(86)37-6-4-3-5-7-37)61-78-49(32-97-61)59(88)75-46(66(82)89)24-36-8-14-41(83)15-9-36/h3-9,14-17,29-34,38-39,43,45-46,52,56-57,71,83,86H,10-13,18-28H2,1-2H3,(H2,69,85)(H,70,92)(H,74,87)(H,75,88)(H,90,91)/t34-,38?,39?,43-,45-,46-,52-,56-,57+/m0/s1. The van der Waals surface area contributed by atoms with Gasteiger partial charge in [-0.3, -0.25) is 33.7 Å². The van der Waals surface area contributed by atoms with Crippen molar-refractivity contribution in [1.82, 2.24) is 66.0 Å². The number of carbonyl (C=O) groups excluding carboxylic acids is 6. The van der Waals surface area contributed by atoms with E-state index in [-0.39, 0.29) is 70.6 Å². The van der Waals surface area contributed by atoms with Crippen molar-refractivity contribution in [2.45, 2.75) is 108 Å². The average Bonchev–Trinajstić information content (AvgIpc) is 1.61. The van der Waals surface area contributed by atoms with Crippen molar-refractivity contribution in [3.05, 3.63) is 147 Å². The van der Waals surface area contributed by atoms with Gasteiger partial charge < -0.3 is 56.7 Å². The molecule has 10 bridgehead atoms. The first-order chi connectivity index (χ1) is 48.4. The van der Waals surface area contributed by atoms with Crippen LogP contribution in [-0.4, -0.2) is 166 Å². The van der Waals surface area contributed by atoms with Gasteiger partial charge in [-0.1, -0.05) is 49.4 Å². The molecule has 2 saturated heterocycles. The molecule has 32 heteroatoms. The smallest absolute Gasteiger partial charge is 0.407 e. The van der Waals surface area contributed by atoms with E-state index in [9.17, 15) is 44.1 Å². The van der Waals surface area contributed by atoms with Crippen LogP contribution in [0.25, 0.3) is 43.4 Å². The number of phenolic OH excluding ortho intramolecular Hbond substituents is 1. The Morgan fingerprint density at radius 1 is 0.730 bits per heavy atom. The molecule has 1 saturated carbocycles. The number of hydrogen-bond donors (Lipinski definition) is 8. The summed E-state index contributed by atoms with van der Waals surface area (Å²) in [7, 11) is 0. The first-order valence-corrected chi connectivity index (χ1v) is 37.8. The number of aliphatic carboxylic acids is 1. The van der Waals surface area contributed by atoms with Crippen LogP contribution in [0.3, 0.4) is 0 Å². The molecule has 2 aromatic carbocycles. The maximum atomic E-state index is 15.8. The van der Waals surface area contributed by atoms with Crippen LogP contribution in [-0.2, 0) is 36.8 Å². The number of hydrogen-bond acceptors (Lipinski definition) is 26. The lowest BCUT2D eigenvalue weighted by atomic mass is 9.86. The maximum absolute atomic E-state index is 15.8. The number of nitrogens with two attached hydrogens (primary N) is 1. The zero-order chi connectivity index (χ0) is 69.7. The van der Waals surface area contributed by atoms with Gasteiger partial charge >= 0.3 is 12.1 Å². The predicted octanol–water partition coefficient (Wildman–Crippen LogP) is 8.97. The molecule has 9 aromatic rings. The number of aliphatic hydroxyl groups excluding tert-OH is 1. The number of fused-ring (bicyclic) bond motifs is 16. The van der Waals surface area contributed by atoms with Crippen molar-refractivity contribution in [3.8, 4) is 49.1 Å². The molecule has 5 amide bonds. The number of Topliss-reactive ketones (excluding diaryl/α,β-unsaturated/α-hetero) is 1. The van der Waals surface area contributed by atoms with Crippen LogP contribution in [0.4, 0.5) is 4.79 Å². The SMILES string of the molecule is Cc1sc2nc1C(=O)C[C@@H]([C@H](O)c1ccccc1)c1nc(cs1)C(=O)N[C@@H](Cc1ccc(O)cc1)C(=O)N1C[C@H](OC(=O)NCCN3CCOCC3)[C@H](C)[C@H]1c1nc(cs1)-c1nc(cs1)-c1nc(-c3nc(CNC4CCC(C(=O)O)CC4)cs3)ccc1-c1nc(cs1)C(=O)N[C@H]2CC(N)=O. The monoisotopic (exact) mass is 1470 g/mol. The Kier molecular flexibility index (Phi) is 21.7. The number of nitrogens with zero attached hydrogens (tertiary/aromatic N) is 9. The van der Waals surface area contributed by atoms with Crippen LogP contribution >= 0.6 is 68.0 Å². The highest BCUT2D eigenvalue weighted by molar-refractivity contribution is 7.15. The van der Waals surface area contributed by atoms with Gasteiger partial charge in [-0.05, 0) is 68.0 Å². The summed E-state index contributed by atoms with van der Waals surface area (Å²) in [5.41, 5.74) is 9.97. The van der Waals surface area contributed by atoms with Crippen LogP contribution < -0.4 is 27.0 Å². The zero-order valence-electron chi connectivity index (χ0n) is 54.1. The number of ketones is 1. The lowest BCUT2D eigenvalue weighted by Crippen LogP contribution is -2.50. The highest BCUT2D eigenvalue weighted by atomic mass is 32.1. The number of amides is 5. The summed E-state index contributed by atoms with van der Waals surface area (Å²) < 4.78 is 11.7. The van der Waals surface area contributed by atoms with E-state index in [1.165, 1.54) is 62.9 Å². The van der Waals surface area contributed by atoms with Crippen LogP contribution in [0.2, 0.25) is 0 Å². The van der Waals surface area contributed by atoms with Crippen LogP contribution in [0.15, 0.2) is 93.6 Å². The molecule has 0 radical (unpaired) electrons. The van der Waals surface area contributed by atoms with Crippen LogP contribution in [0, 0.1) is 18.8 Å². The van der Waals surface area contributed by atoms with Gasteiger partial charge in [-0.15, -0.1) is 68.0 Å². The number of aryl methyl sites for hydroxylation is 1. The van der Waals surface area contributed by atoms with Crippen molar-refractivity contribution in [3.63, 3.8) is 0 Å².